The van der Waals surface area contributed by atoms with Crippen molar-refractivity contribution in [2.75, 3.05) is 19.5 Å². The third kappa shape index (κ3) is 4.64. The molecule has 1 aromatic carbocycles. The molecule has 0 aliphatic carbocycles. The molecule has 19 heavy (non-hydrogen) atoms. The molecule has 0 bridgehead atoms. The van der Waals surface area contributed by atoms with E-state index in [1.165, 1.54) is 5.56 Å². The molecular formula is C16H26O2S. The van der Waals surface area contributed by atoms with Crippen LogP contribution in [0.4, 0.5) is 0 Å². The summed E-state index contributed by atoms with van der Waals surface area (Å²) in [4.78, 5) is 0. The van der Waals surface area contributed by atoms with Crippen LogP contribution in [0.25, 0.3) is 0 Å². The van der Waals surface area contributed by atoms with E-state index in [2.05, 4.69) is 46.4 Å². The molecule has 0 heterocycles. The van der Waals surface area contributed by atoms with Gasteiger partial charge in [0.15, 0.2) is 11.5 Å². The molecule has 1 rings (SSSR count). The van der Waals surface area contributed by atoms with Crippen molar-refractivity contribution in [1.29, 1.82) is 0 Å². The second-order valence-electron chi connectivity index (χ2n) is 5.90. The second-order valence-corrected chi connectivity index (χ2v) is 6.26. The van der Waals surface area contributed by atoms with E-state index in [1.54, 1.807) is 7.11 Å². The molecule has 1 unspecified atom stereocenters. The number of aryl methyl sites for hydroxylation is 1. The maximum atomic E-state index is 5.93. The lowest BCUT2D eigenvalue weighted by Crippen LogP contribution is -2.28. The van der Waals surface area contributed by atoms with Gasteiger partial charge in [-0.05, 0) is 35.3 Å². The first-order chi connectivity index (χ1) is 8.92. The first-order valence-corrected chi connectivity index (χ1v) is 7.46. The molecular weight excluding hydrogens is 256 g/mol. The number of hydrogen-bond acceptors (Lipinski definition) is 3. The number of ether oxygens (including phenoxy) is 2. The average Bonchev–Trinajstić information content (AvgIpc) is 2.38. The Labute approximate surface area is 122 Å². The van der Waals surface area contributed by atoms with Gasteiger partial charge in [-0.3, -0.25) is 0 Å². The van der Waals surface area contributed by atoms with Crippen molar-refractivity contribution in [1.82, 2.24) is 0 Å². The lowest BCUT2D eigenvalue weighted by Gasteiger charge is -2.29. The normalized spacial score (nSPS) is 13.2. The Morgan fingerprint density at radius 1 is 1.21 bits per heavy atom. The van der Waals surface area contributed by atoms with Gasteiger partial charge in [0, 0.05) is 5.92 Å². The SMILES string of the molecule is CCc1ccc(OCC(CS)C(C)(C)C)c(OC)c1. The fourth-order valence-corrected chi connectivity index (χ4v) is 2.47. The summed E-state index contributed by atoms with van der Waals surface area (Å²) in [5.74, 6) is 2.85. The number of thiol groups is 1. The van der Waals surface area contributed by atoms with Gasteiger partial charge in [-0.2, -0.15) is 12.6 Å². The minimum atomic E-state index is 0.193. The molecule has 2 nitrogen and oxygen atoms in total. The molecule has 0 spiro atoms. The van der Waals surface area contributed by atoms with Crippen LogP contribution >= 0.6 is 12.6 Å². The Morgan fingerprint density at radius 3 is 2.37 bits per heavy atom. The van der Waals surface area contributed by atoms with Gasteiger partial charge in [0.2, 0.25) is 0 Å². The smallest absolute Gasteiger partial charge is 0.161 e. The van der Waals surface area contributed by atoms with Crippen LogP contribution in [-0.4, -0.2) is 19.5 Å². The van der Waals surface area contributed by atoms with Crippen LogP contribution in [0.1, 0.15) is 33.3 Å². The zero-order valence-electron chi connectivity index (χ0n) is 12.7. The molecule has 108 valence electrons. The third-order valence-electron chi connectivity index (χ3n) is 3.52. The van der Waals surface area contributed by atoms with Crippen LogP contribution in [0, 0.1) is 11.3 Å². The summed E-state index contributed by atoms with van der Waals surface area (Å²) >= 11 is 4.42. The molecule has 1 atom stereocenters. The number of hydrogen-bond donors (Lipinski definition) is 1. The summed E-state index contributed by atoms with van der Waals surface area (Å²) in [6, 6.07) is 6.13. The predicted molar refractivity (Wildman–Crippen MR) is 84.7 cm³/mol. The highest BCUT2D eigenvalue weighted by Gasteiger charge is 2.24. The molecule has 0 aliphatic heterocycles. The van der Waals surface area contributed by atoms with E-state index in [-0.39, 0.29) is 5.41 Å². The highest BCUT2D eigenvalue weighted by atomic mass is 32.1. The van der Waals surface area contributed by atoms with Crippen molar-refractivity contribution >= 4 is 12.6 Å². The minimum Gasteiger partial charge on any atom is -0.493 e. The Bertz CT molecular complexity index is 396. The van der Waals surface area contributed by atoms with Gasteiger partial charge < -0.3 is 9.47 Å². The molecule has 0 saturated heterocycles. The maximum absolute atomic E-state index is 5.93. The number of methoxy groups -OCH3 is 1. The topological polar surface area (TPSA) is 18.5 Å². The van der Waals surface area contributed by atoms with E-state index >= 15 is 0 Å². The van der Waals surface area contributed by atoms with Crippen molar-refractivity contribution in [3.05, 3.63) is 23.8 Å². The summed E-state index contributed by atoms with van der Waals surface area (Å²) in [5.41, 5.74) is 1.45. The Balaban J connectivity index is 2.77. The second kappa shape index (κ2) is 7.09. The molecule has 0 aromatic heterocycles. The molecule has 1 aromatic rings. The summed E-state index contributed by atoms with van der Waals surface area (Å²) in [6.45, 7) is 9.44. The predicted octanol–water partition coefficient (Wildman–Crippen LogP) is 4.23. The average molecular weight is 282 g/mol. The molecule has 0 aliphatic rings. The zero-order chi connectivity index (χ0) is 14.5. The lowest BCUT2D eigenvalue weighted by molar-refractivity contribution is 0.161. The van der Waals surface area contributed by atoms with Crippen molar-refractivity contribution in [3.63, 3.8) is 0 Å². The Kier molecular flexibility index (Phi) is 6.05. The molecule has 0 saturated carbocycles. The monoisotopic (exact) mass is 282 g/mol. The van der Waals surface area contributed by atoms with Crippen LogP contribution in [-0.2, 0) is 6.42 Å². The van der Waals surface area contributed by atoms with Gasteiger partial charge in [0.25, 0.3) is 0 Å². The fourth-order valence-electron chi connectivity index (χ4n) is 1.82. The van der Waals surface area contributed by atoms with E-state index in [0.29, 0.717) is 12.5 Å². The van der Waals surface area contributed by atoms with Gasteiger partial charge in [0.05, 0.1) is 13.7 Å². The van der Waals surface area contributed by atoms with E-state index in [1.807, 2.05) is 12.1 Å². The van der Waals surface area contributed by atoms with Crippen molar-refractivity contribution < 1.29 is 9.47 Å². The molecule has 0 radical (unpaired) electrons. The van der Waals surface area contributed by atoms with Gasteiger partial charge in [0.1, 0.15) is 0 Å². The van der Waals surface area contributed by atoms with E-state index in [9.17, 15) is 0 Å². The Morgan fingerprint density at radius 2 is 1.89 bits per heavy atom. The van der Waals surface area contributed by atoms with E-state index < -0.39 is 0 Å². The summed E-state index contributed by atoms with van der Waals surface area (Å²) in [6.07, 6.45) is 0.998. The maximum Gasteiger partial charge on any atom is 0.161 e. The van der Waals surface area contributed by atoms with E-state index in [4.69, 9.17) is 9.47 Å². The van der Waals surface area contributed by atoms with Crippen LogP contribution in [0.3, 0.4) is 0 Å². The zero-order valence-corrected chi connectivity index (χ0v) is 13.6. The van der Waals surface area contributed by atoms with Crippen LogP contribution in [0.5, 0.6) is 11.5 Å². The Hall–Kier alpha value is -0.830. The van der Waals surface area contributed by atoms with Gasteiger partial charge in [-0.15, -0.1) is 0 Å². The molecule has 0 fully saturated rings. The number of rotatable bonds is 6. The van der Waals surface area contributed by atoms with Crippen LogP contribution in [0.15, 0.2) is 18.2 Å². The fraction of sp³-hybridized carbons (Fsp3) is 0.625. The lowest BCUT2D eigenvalue weighted by atomic mass is 9.82. The molecule has 0 N–H and O–H groups in total. The van der Waals surface area contributed by atoms with Crippen molar-refractivity contribution in [2.45, 2.75) is 34.1 Å². The quantitative estimate of drug-likeness (QED) is 0.787. The molecule has 3 heteroatoms. The van der Waals surface area contributed by atoms with Gasteiger partial charge in [-0.25, -0.2) is 0 Å². The summed E-state index contributed by atoms with van der Waals surface area (Å²) in [5, 5.41) is 0. The van der Waals surface area contributed by atoms with Crippen molar-refractivity contribution in [3.8, 4) is 11.5 Å². The largest absolute Gasteiger partial charge is 0.493 e. The number of benzene rings is 1. The van der Waals surface area contributed by atoms with Gasteiger partial charge in [-0.1, -0.05) is 33.8 Å². The third-order valence-corrected chi connectivity index (χ3v) is 3.96. The first kappa shape index (κ1) is 16.2. The summed E-state index contributed by atoms with van der Waals surface area (Å²) < 4.78 is 11.3. The van der Waals surface area contributed by atoms with E-state index in [0.717, 1.165) is 23.7 Å². The molecule has 0 amide bonds. The van der Waals surface area contributed by atoms with Crippen LogP contribution < -0.4 is 9.47 Å². The van der Waals surface area contributed by atoms with Crippen LogP contribution in [0.2, 0.25) is 0 Å². The summed E-state index contributed by atoms with van der Waals surface area (Å²) in [7, 11) is 1.68. The minimum absolute atomic E-state index is 0.193. The first-order valence-electron chi connectivity index (χ1n) is 6.83. The van der Waals surface area contributed by atoms with Gasteiger partial charge >= 0.3 is 0 Å². The standard InChI is InChI=1S/C16H26O2S/c1-6-12-7-8-14(15(9-12)17-5)18-10-13(11-19)16(2,3)4/h7-9,13,19H,6,10-11H2,1-5H3. The highest BCUT2D eigenvalue weighted by Crippen LogP contribution is 2.31. The highest BCUT2D eigenvalue weighted by molar-refractivity contribution is 7.80. The van der Waals surface area contributed by atoms with Crippen molar-refractivity contribution in [2.24, 2.45) is 11.3 Å².